The quantitative estimate of drug-likeness (QED) is 0.800. The maximum absolute atomic E-state index is 4.40. The maximum atomic E-state index is 4.40. The van der Waals surface area contributed by atoms with E-state index in [1.165, 1.54) is 5.56 Å². The van der Waals surface area contributed by atoms with Crippen molar-refractivity contribution in [1.29, 1.82) is 0 Å². The van der Waals surface area contributed by atoms with Crippen LogP contribution < -0.4 is 5.32 Å². The van der Waals surface area contributed by atoms with Gasteiger partial charge in [0.05, 0.1) is 5.69 Å². The van der Waals surface area contributed by atoms with Crippen molar-refractivity contribution in [3.8, 4) is 5.82 Å². The van der Waals surface area contributed by atoms with Gasteiger partial charge in [-0.25, -0.2) is 9.67 Å². The standard InChI is InChI=1S/C13H18N4/c1-3-7-14-10-12-5-4-8-15-13(12)17-9-6-11(2)16-17/h4-6,8-9,14H,3,7,10H2,1-2H3. The minimum Gasteiger partial charge on any atom is -0.313 e. The predicted molar refractivity (Wildman–Crippen MR) is 68.1 cm³/mol. The van der Waals surface area contributed by atoms with Gasteiger partial charge in [0.25, 0.3) is 0 Å². The minimum absolute atomic E-state index is 0.829. The molecule has 0 fully saturated rings. The van der Waals surface area contributed by atoms with Gasteiger partial charge in [-0.3, -0.25) is 0 Å². The molecule has 4 nitrogen and oxygen atoms in total. The molecule has 0 aromatic carbocycles. The second kappa shape index (κ2) is 5.59. The number of pyridine rings is 1. The summed E-state index contributed by atoms with van der Waals surface area (Å²) in [6.45, 7) is 5.99. The van der Waals surface area contributed by atoms with Gasteiger partial charge in [0.1, 0.15) is 0 Å². The SMILES string of the molecule is CCCNCc1cccnc1-n1ccc(C)n1. The van der Waals surface area contributed by atoms with E-state index in [2.05, 4.69) is 28.4 Å². The molecule has 1 N–H and O–H groups in total. The van der Waals surface area contributed by atoms with Crippen molar-refractivity contribution in [3.63, 3.8) is 0 Å². The smallest absolute Gasteiger partial charge is 0.157 e. The van der Waals surface area contributed by atoms with Crippen LogP contribution in [0, 0.1) is 6.92 Å². The molecule has 0 radical (unpaired) electrons. The van der Waals surface area contributed by atoms with Crippen molar-refractivity contribution in [2.75, 3.05) is 6.54 Å². The Labute approximate surface area is 102 Å². The second-order valence-corrected chi connectivity index (χ2v) is 4.06. The zero-order chi connectivity index (χ0) is 12.1. The molecule has 17 heavy (non-hydrogen) atoms. The van der Waals surface area contributed by atoms with Gasteiger partial charge in [0, 0.05) is 24.5 Å². The molecule has 0 saturated heterocycles. The average Bonchev–Trinajstić information content (AvgIpc) is 2.77. The highest BCUT2D eigenvalue weighted by Crippen LogP contribution is 2.10. The van der Waals surface area contributed by atoms with E-state index in [0.717, 1.165) is 31.0 Å². The number of aryl methyl sites for hydroxylation is 1. The Morgan fingerprint density at radius 1 is 1.35 bits per heavy atom. The molecule has 2 rings (SSSR count). The number of nitrogens with one attached hydrogen (secondary N) is 1. The Morgan fingerprint density at radius 3 is 2.94 bits per heavy atom. The lowest BCUT2D eigenvalue weighted by molar-refractivity contribution is 0.666. The lowest BCUT2D eigenvalue weighted by Crippen LogP contribution is -2.16. The van der Waals surface area contributed by atoms with Crippen molar-refractivity contribution in [2.45, 2.75) is 26.8 Å². The topological polar surface area (TPSA) is 42.7 Å². The van der Waals surface area contributed by atoms with Crippen LogP contribution in [0.2, 0.25) is 0 Å². The van der Waals surface area contributed by atoms with Gasteiger partial charge < -0.3 is 5.32 Å². The third-order valence-electron chi connectivity index (χ3n) is 2.55. The lowest BCUT2D eigenvalue weighted by atomic mass is 10.2. The van der Waals surface area contributed by atoms with Gasteiger partial charge in [-0.05, 0) is 32.0 Å². The molecule has 0 spiro atoms. The van der Waals surface area contributed by atoms with Crippen LogP contribution in [0.15, 0.2) is 30.6 Å². The van der Waals surface area contributed by atoms with Gasteiger partial charge >= 0.3 is 0 Å². The van der Waals surface area contributed by atoms with Crippen LogP contribution in [0.4, 0.5) is 0 Å². The first-order valence-corrected chi connectivity index (χ1v) is 5.98. The molecule has 2 aromatic rings. The first kappa shape index (κ1) is 11.8. The molecule has 2 heterocycles. The minimum atomic E-state index is 0.829. The third kappa shape index (κ3) is 2.91. The largest absolute Gasteiger partial charge is 0.313 e. The number of rotatable bonds is 5. The van der Waals surface area contributed by atoms with E-state index in [1.54, 1.807) is 6.20 Å². The summed E-state index contributed by atoms with van der Waals surface area (Å²) in [5, 5.41) is 7.78. The summed E-state index contributed by atoms with van der Waals surface area (Å²) in [5.41, 5.74) is 2.17. The number of nitrogens with zero attached hydrogens (tertiary/aromatic N) is 3. The molecule has 4 heteroatoms. The summed E-state index contributed by atoms with van der Waals surface area (Å²) in [7, 11) is 0. The molecule has 0 amide bonds. The highest BCUT2D eigenvalue weighted by atomic mass is 15.3. The molecule has 0 aliphatic heterocycles. The van der Waals surface area contributed by atoms with Crippen molar-refractivity contribution < 1.29 is 0 Å². The van der Waals surface area contributed by atoms with Crippen molar-refractivity contribution in [3.05, 3.63) is 41.9 Å². The van der Waals surface area contributed by atoms with Crippen molar-refractivity contribution >= 4 is 0 Å². The summed E-state index contributed by atoms with van der Waals surface area (Å²) < 4.78 is 1.83. The first-order chi connectivity index (χ1) is 8.31. The monoisotopic (exact) mass is 230 g/mol. The van der Waals surface area contributed by atoms with Gasteiger partial charge in [0.15, 0.2) is 5.82 Å². The van der Waals surface area contributed by atoms with E-state index in [1.807, 2.05) is 29.9 Å². The molecular weight excluding hydrogens is 212 g/mol. The fourth-order valence-corrected chi connectivity index (χ4v) is 1.71. The molecule has 0 unspecified atom stereocenters. The lowest BCUT2D eigenvalue weighted by Gasteiger charge is -2.08. The Bertz CT molecular complexity index is 476. The van der Waals surface area contributed by atoms with Gasteiger partial charge in [-0.1, -0.05) is 13.0 Å². The van der Waals surface area contributed by atoms with Crippen LogP contribution >= 0.6 is 0 Å². The Morgan fingerprint density at radius 2 is 2.24 bits per heavy atom. The molecule has 0 bridgehead atoms. The van der Waals surface area contributed by atoms with E-state index in [4.69, 9.17) is 0 Å². The maximum Gasteiger partial charge on any atom is 0.157 e. The van der Waals surface area contributed by atoms with E-state index >= 15 is 0 Å². The summed E-state index contributed by atoms with van der Waals surface area (Å²) in [5.74, 6) is 0.907. The molecule has 0 saturated carbocycles. The fourth-order valence-electron chi connectivity index (χ4n) is 1.71. The Hall–Kier alpha value is -1.68. The highest BCUT2D eigenvalue weighted by molar-refractivity contribution is 5.32. The zero-order valence-electron chi connectivity index (χ0n) is 10.3. The van der Waals surface area contributed by atoms with Crippen LogP contribution in [0.1, 0.15) is 24.6 Å². The van der Waals surface area contributed by atoms with E-state index in [9.17, 15) is 0 Å². The van der Waals surface area contributed by atoms with Crippen LogP contribution in [-0.4, -0.2) is 21.3 Å². The van der Waals surface area contributed by atoms with E-state index in [0.29, 0.717) is 0 Å². The number of aromatic nitrogens is 3. The molecule has 90 valence electrons. The summed E-state index contributed by atoms with van der Waals surface area (Å²) >= 11 is 0. The number of hydrogen-bond acceptors (Lipinski definition) is 3. The second-order valence-electron chi connectivity index (χ2n) is 4.06. The van der Waals surface area contributed by atoms with Crippen LogP contribution in [0.5, 0.6) is 0 Å². The molecule has 0 aliphatic rings. The molecular formula is C13H18N4. The first-order valence-electron chi connectivity index (χ1n) is 5.98. The fraction of sp³-hybridized carbons (Fsp3) is 0.385. The van der Waals surface area contributed by atoms with Gasteiger partial charge in [-0.2, -0.15) is 5.10 Å². The molecule has 0 aliphatic carbocycles. The predicted octanol–water partition coefficient (Wildman–Crippen LogP) is 2.08. The van der Waals surface area contributed by atoms with Gasteiger partial charge in [-0.15, -0.1) is 0 Å². The summed E-state index contributed by atoms with van der Waals surface area (Å²) in [6, 6.07) is 6.03. The van der Waals surface area contributed by atoms with Crippen molar-refractivity contribution in [1.82, 2.24) is 20.1 Å². The van der Waals surface area contributed by atoms with Gasteiger partial charge in [0.2, 0.25) is 0 Å². The van der Waals surface area contributed by atoms with E-state index < -0.39 is 0 Å². The highest BCUT2D eigenvalue weighted by Gasteiger charge is 2.05. The summed E-state index contributed by atoms with van der Waals surface area (Å²) in [6.07, 6.45) is 4.88. The van der Waals surface area contributed by atoms with E-state index in [-0.39, 0.29) is 0 Å². The number of hydrogen-bond donors (Lipinski definition) is 1. The van der Waals surface area contributed by atoms with Crippen LogP contribution in [0.25, 0.3) is 5.82 Å². The Kier molecular flexibility index (Phi) is 3.88. The van der Waals surface area contributed by atoms with Crippen molar-refractivity contribution in [2.24, 2.45) is 0 Å². The zero-order valence-corrected chi connectivity index (χ0v) is 10.3. The average molecular weight is 230 g/mol. The van der Waals surface area contributed by atoms with Crippen LogP contribution in [-0.2, 0) is 6.54 Å². The molecule has 2 aromatic heterocycles. The third-order valence-corrected chi connectivity index (χ3v) is 2.55. The van der Waals surface area contributed by atoms with Crippen LogP contribution in [0.3, 0.4) is 0 Å². The summed E-state index contributed by atoms with van der Waals surface area (Å²) in [4.78, 5) is 4.40. The molecule has 0 atom stereocenters. The normalized spacial score (nSPS) is 10.7. The Balaban J connectivity index is 2.21.